The number of ether oxygens (including phenoxy) is 1. The number of Topliss-reactive ketones (excluding diaryl/α,β-unsaturated/α-hetero) is 1. The Morgan fingerprint density at radius 2 is 1.86 bits per heavy atom. The van der Waals surface area contributed by atoms with Crippen LogP contribution in [-0.2, 0) is 6.54 Å². The molecule has 5 nitrogen and oxygen atoms in total. The number of rotatable bonds is 5. The number of aromatic amines is 1. The van der Waals surface area contributed by atoms with Gasteiger partial charge in [-0.3, -0.25) is 14.5 Å². The van der Waals surface area contributed by atoms with Crippen molar-refractivity contribution in [1.82, 2.24) is 9.88 Å². The lowest BCUT2D eigenvalue weighted by molar-refractivity contribution is 0.0809. The van der Waals surface area contributed by atoms with Crippen LogP contribution in [0.1, 0.15) is 51.1 Å². The molecule has 0 bridgehead atoms. The van der Waals surface area contributed by atoms with Crippen LogP contribution in [0.5, 0.6) is 5.75 Å². The van der Waals surface area contributed by atoms with Crippen molar-refractivity contribution in [3.05, 3.63) is 62.1 Å². The Balaban J connectivity index is 1.75. The molecule has 1 aliphatic heterocycles. The maximum absolute atomic E-state index is 13.1. The highest BCUT2D eigenvalue weighted by Crippen LogP contribution is 2.28. The van der Waals surface area contributed by atoms with Gasteiger partial charge in [0, 0.05) is 47.6 Å². The Hall–Kier alpha value is -2.40. The first-order valence-electron chi connectivity index (χ1n) is 9.91. The van der Waals surface area contributed by atoms with Gasteiger partial charge in [-0.15, -0.1) is 0 Å². The van der Waals surface area contributed by atoms with Crippen LogP contribution < -0.4 is 10.2 Å². The number of pyridine rings is 1. The molecule has 0 amide bonds. The minimum absolute atomic E-state index is 0.0154. The Morgan fingerprint density at radius 1 is 1.18 bits per heavy atom. The summed E-state index contributed by atoms with van der Waals surface area (Å²) in [7, 11) is 1.66. The molecule has 2 aromatic rings. The lowest BCUT2D eigenvalue weighted by atomic mass is 9.88. The molecule has 150 valence electrons. The van der Waals surface area contributed by atoms with Crippen LogP contribution in [0.2, 0.25) is 0 Å². The molecule has 1 saturated heterocycles. The van der Waals surface area contributed by atoms with Crippen molar-refractivity contribution in [1.29, 1.82) is 0 Å². The van der Waals surface area contributed by atoms with E-state index in [0.717, 1.165) is 65.2 Å². The topological polar surface area (TPSA) is 62.4 Å². The van der Waals surface area contributed by atoms with E-state index >= 15 is 0 Å². The number of hydrogen-bond donors (Lipinski definition) is 1. The Bertz CT molecular complexity index is 922. The first-order valence-corrected chi connectivity index (χ1v) is 9.91. The monoisotopic (exact) mass is 382 g/mol. The molecule has 1 aliphatic rings. The van der Waals surface area contributed by atoms with E-state index in [2.05, 4.69) is 9.88 Å². The lowest BCUT2D eigenvalue weighted by Crippen LogP contribution is -2.39. The Morgan fingerprint density at radius 3 is 2.50 bits per heavy atom. The number of piperidine rings is 1. The zero-order valence-corrected chi connectivity index (χ0v) is 17.5. The van der Waals surface area contributed by atoms with Gasteiger partial charge < -0.3 is 9.72 Å². The predicted octanol–water partition coefficient (Wildman–Crippen LogP) is 3.71. The molecule has 1 atom stereocenters. The third-order valence-electron chi connectivity index (χ3n) is 5.82. The molecule has 2 heterocycles. The summed E-state index contributed by atoms with van der Waals surface area (Å²) in [6, 6.07) is 3.88. The molecule has 3 rings (SSSR count). The minimum atomic E-state index is -0.0154. The van der Waals surface area contributed by atoms with Crippen LogP contribution in [0, 0.1) is 33.6 Å². The largest absolute Gasteiger partial charge is 0.496 e. The van der Waals surface area contributed by atoms with Crippen LogP contribution in [-0.4, -0.2) is 35.9 Å². The second-order valence-corrected chi connectivity index (χ2v) is 7.99. The zero-order chi connectivity index (χ0) is 20.4. The zero-order valence-electron chi connectivity index (χ0n) is 17.5. The fourth-order valence-corrected chi connectivity index (χ4v) is 4.25. The highest BCUT2D eigenvalue weighted by atomic mass is 16.5. The number of likely N-dealkylation sites (tertiary alicyclic amines) is 1. The number of carbonyl (C=O) groups excluding carboxylic acids is 1. The highest BCUT2D eigenvalue weighted by Gasteiger charge is 2.27. The number of ketones is 1. The van der Waals surface area contributed by atoms with E-state index in [0.29, 0.717) is 6.54 Å². The second-order valence-electron chi connectivity index (χ2n) is 7.99. The number of hydrogen-bond acceptors (Lipinski definition) is 4. The summed E-state index contributed by atoms with van der Waals surface area (Å²) in [4.78, 5) is 30.9. The number of H-pyrrole nitrogens is 1. The Labute approximate surface area is 166 Å². The molecule has 0 saturated carbocycles. The van der Waals surface area contributed by atoms with E-state index in [1.807, 2.05) is 39.8 Å². The van der Waals surface area contributed by atoms with Gasteiger partial charge in [0.05, 0.1) is 7.11 Å². The smallest absolute Gasteiger partial charge is 0.187 e. The van der Waals surface area contributed by atoms with Gasteiger partial charge in [0.15, 0.2) is 11.2 Å². The van der Waals surface area contributed by atoms with Crippen molar-refractivity contribution in [2.45, 2.75) is 47.1 Å². The summed E-state index contributed by atoms with van der Waals surface area (Å²) in [5, 5.41) is 0. The van der Waals surface area contributed by atoms with Crippen molar-refractivity contribution in [2.75, 3.05) is 20.2 Å². The van der Waals surface area contributed by atoms with Gasteiger partial charge >= 0.3 is 0 Å². The van der Waals surface area contributed by atoms with Crippen LogP contribution in [0.25, 0.3) is 0 Å². The van der Waals surface area contributed by atoms with Gasteiger partial charge in [-0.1, -0.05) is 0 Å². The summed E-state index contributed by atoms with van der Waals surface area (Å²) in [5.41, 5.74) is 5.30. The number of methoxy groups -OCH3 is 1. The molecule has 1 N–H and O–H groups in total. The molecular formula is C23H30N2O3. The maximum atomic E-state index is 13.1. The fraction of sp³-hybridized carbons (Fsp3) is 0.478. The maximum Gasteiger partial charge on any atom is 0.187 e. The second kappa shape index (κ2) is 8.31. The van der Waals surface area contributed by atoms with E-state index < -0.39 is 0 Å². The molecular weight excluding hydrogens is 352 g/mol. The molecule has 5 heteroatoms. The first-order chi connectivity index (χ1) is 13.3. The third-order valence-corrected chi connectivity index (χ3v) is 5.82. The molecule has 28 heavy (non-hydrogen) atoms. The normalized spacial score (nSPS) is 17.5. The van der Waals surface area contributed by atoms with Gasteiger partial charge in [-0.2, -0.15) is 0 Å². The standard InChI is InChI=1S/C23H30N2O3/c1-14-9-19(10-15(2)23(14)28-5)22(27)18-7-6-8-25(12-18)13-20-17(4)21(26)16(3)11-24-20/h9-11,18H,6-8,12-13H2,1-5H3,(H,24,26)/t18-/m1/s1. The quantitative estimate of drug-likeness (QED) is 0.801. The average Bonchev–Trinajstić information content (AvgIpc) is 2.68. The summed E-state index contributed by atoms with van der Waals surface area (Å²) in [5.74, 6) is 1.03. The molecule has 0 unspecified atom stereocenters. The number of nitrogens with zero attached hydrogens (tertiary/aromatic N) is 1. The van der Waals surface area contributed by atoms with E-state index in [1.165, 1.54) is 0 Å². The van der Waals surface area contributed by atoms with Gasteiger partial charge in [0.1, 0.15) is 5.75 Å². The number of carbonyl (C=O) groups is 1. The van der Waals surface area contributed by atoms with Gasteiger partial charge in [-0.25, -0.2) is 0 Å². The molecule has 0 spiro atoms. The molecule has 0 aliphatic carbocycles. The fourth-order valence-electron chi connectivity index (χ4n) is 4.25. The number of aromatic nitrogens is 1. The average molecular weight is 383 g/mol. The van der Waals surface area contributed by atoms with Crippen molar-refractivity contribution in [2.24, 2.45) is 5.92 Å². The van der Waals surface area contributed by atoms with E-state index in [1.54, 1.807) is 13.3 Å². The van der Waals surface area contributed by atoms with Crippen molar-refractivity contribution in [3.8, 4) is 5.75 Å². The van der Waals surface area contributed by atoms with Gasteiger partial charge in [0.2, 0.25) is 0 Å². The van der Waals surface area contributed by atoms with Crippen molar-refractivity contribution in [3.63, 3.8) is 0 Å². The SMILES string of the molecule is COc1c(C)cc(C(=O)[C@@H]2CCCN(Cc3[nH]cc(C)c(=O)c3C)C2)cc1C. The highest BCUT2D eigenvalue weighted by molar-refractivity contribution is 5.98. The van der Waals surface area contributed by atoms with Gasteiger partial charge in [0.25, 0.3) is 0 Å². The number of benzene rings is 1. The van der Waals surface area contributed by atoms with Crippen LogP contribution >= 0.6 is 0 Å². The first kappa shape index (κ1) is 20.3. The van der Waals surface area contributed by atoms with Crippen molar-refractivity contribution >= 4 is 5.78 Å². The summed E-state index contributed by atoms with van der Waals surface area (Å²) in [6.07, 6.45) is 3.67. The van der Waals surface area contributed by atoms with E-state index in [4.69, 9.17) is 4.74 Å². The van der Waals surface area contributed by atoms with E-state index in [9.17, 15) is 9.59 Å². The summed E-state index contributed by atoms with van der Waals surface area (Å²) < 4.78 is 5.42. The van der Waals surface area contributed by atoms with Crippen LogP contribution in [0.4, 0.5) is 0 Å². The van der Waals surface area contributed by atoms with Gasteiger partial charge in [-0.05, 0) is 70.3 Å². The molecule has 1 aromatic heterocycles. The summed E-state index contributed by atoms with van der Waals surface area (Å²) in [6.45, 7) is 9.99. The van der Waals surface area contributed by atoms with Crippen LogP contribution in [0.3, 0.4) is 0 Å². The summed E-state index contributed by atoms with van der Waals surface area (Å²) >= 11 is 0. The molecule has 0 radical (unpaired) electrons. The number of nitrogens with one attached hydrogen (secondary N) is 1. The van der Waals surface area contributed by atoms with E-state index in [-0.39, 0.29) is 17.1 Å². The third kappa shape index (κ3) is 4.04. The van der Waals surface area contributed by atoms with Crippen LogP contribution in [0.15, 0.2) is 23.1 Å². The number of aryl methyl sites for hydroxylation is 3. The van der Waals surface area contributed by atoms with Crippen molar-refractivity contribution < 1.29 is 9.53 Å². The minimum Gasteiger partial charge on any atom is -0.496 e. The predicted molar refractivity (Wildman–Crippen MR) is 111 cm³/mol. The Kier molecular flexibility index (Phi) is 6.04. The molecule has 1 fully saturated rings. The lowest BCUT2D eigenvalue weighted by Gasteiger charge is -2.32. The molecule has 1 aromatic carbocycles.